The Balaban J connectivity index is 1.09. The van der Waals surface area contributed by atoms with Crippen molar-refractivity contribution in [2.24, 2.45) is 0 Å². The third kappa shape index (κ3) is 7.59. The number of hydrogen-bond acceptors (Lipinski definition) is 2. The minimum Gasteiger partial charge on any atom is -0.311 e. The standard InChI is InChI=1S/C78H67BN4/c1-48-24-19-25-49(2)72(48)58-30-13-17-38-66(58)82-68-40-23-41-69-74(68)79(62-44-42-52(46-70(62)82)80-64-36-15-11-28-54(64)56-32-21-34-60(75(56)80)77(5,6)7)63-45-43-53(81-65-37-16-12-29-55(65)57-33-22-35-61(76(57)81)78(8,9)10)47-71(63)83(69)67-39-18-14-31-59(67)73-50(3)26-20-27-51(73)4/h11-47H,1-10H3/i1D3,2D3,3D3,4D3. The Bertz CT molecular complexity index is 4940. The molecule has 0 spiro atoms. The van der Waals surface area contributed by atoms with Crippen molar-refractivity contribution in [1.82, 2.24) is 9.13 Å². The second-order valence-corrected chi connectivity index (χ2v) is 24.4. The molecule has 5 heteroatoms. The summed E-state index contributed by atoms with van der Waals surface area (Å²) in [6.45, 7) is 1.94. The lowest BCUT2D eigenvalue weighted by Gasteiger charge is -2.45. The number of nitrogens with zero attached hydrogens (tertiary/aromatic N) is 4. The predicted molar refractivity (Wildman–Crippen MR) is 356 cm³/mol. The van der Waals surface area contributed by atoms with Gasteiger partial charge in [-0.05, 0) is 160 Å². The first-order valence-corrected chi connectivity index (χ1v) is 28.6. The van der Waals surface area contributed by atoms with E-state index < -0.39 is 34.1 Å². The summed E-state index contributed by atoms with van der Waals surface area (Å²) in [5.41, 5.74) is 14.8. The minimum absolute atomic E-state index is 0.0935. The van der Waals surface area contributed by atoms with Crippen molar-refractivity contribution in [3.63, 3.8) is 0 Å². The maximum absolute atomic E-state index is 8.99. The zero-order valence-electron chi connectivity index (χ0n) is 59.2. The number of rotatable bonds is 6. The molecule has 0 saturated carbocycles. The molecule has 4 nitrogen and oxygen atoms in total. The molecule has 13 aromatic rings. The number of aromatic nitrogens is 2. The van der Waals surface area contributed by atoms with Crippen molar-refractivity contribution in [3.8, 4) is 33.6 Å². The Morgan fingerprint density at radius 3 is 1.12 bits per heavy atom. The second-order valence-electron chi connectivity index (χ2n) is 24.4. The van der Waals surface area contributed by atoms with E-state index in [0.29, 0.717) is 33.9 Å². The van der Waals surface area contributed by atoms with Crippen molar-refractivity contribution in [2.75, 3.05) is 9.80 Å². The highest BCUT2D eigenvalue weighted by atomic mass is 15.2. The van der Waals surface area contributed by atoms with E-state index in [1.165, 1.54) is 36.4 Å². The van der Waals surface area contributed by atoms with Gasteiger partial charge in [-0.2, -0.15) is 0 Å². The summed E-state index contributed by atoms with van der Waals surface area (Å²) in [5, 5.41) is 4.38. The van der Waals surface area contributed by atoms with Gasteiger partial charge in [-0.1, -0.05) is 205 Å². The molecule has 0 N–H and O–H groups in total. The molecular weight excluding hydrogens is 1000 g/mol. The number of anilines is 6. The van der Waals surface area contributed by atoms with Crippen LogP contribution in [0.5, 0.6) is 0 Å². The molecule has 0 fully saturated rings. The van der Waals surface area contributed by atoms with E-state index >= 15 is 0 Å². The van der Waals surface area contributed by atoms with Crippen LogP contribution in [-0.2, 0) is 10.8 Å². The van der Waals surface area contributed by atoms with Crippen LogP contribution in [0, 0.1) is 27.4 Å². The highest BCUT2D eigenvalue weighted by molar-refractivity contribution is 7.00. The molecule has 0 atom stereocenters. The Labute approximate surface area is 505 Å². The average Bonchev–Trinajstić information content (AvgIpc) is 0.832. The fourth-order valence-electron chi connectivity index (χ4n) is 13.9. The van der Waals surface area contributed by atoms with Gasteiger partial charge in [0.2, 0.25) is 0 Å². The Morgan fingerprint density at radius 2 is 0.699 bits per heavy atom. The van der Waals surface area contributed by atoms with E-state index in [1.807, 2.05) is 54.6 Å². The molecule has 402 valence electrons. The lowest BCUT2D eigenvalue weighted by atomic mass is 9.33. The summed E-state index contributed by atoms with van der Waals surface area (Å²) in [4.78, 5) is 4.32. The Morgan fingerprint density at radius 1 is 0.337 bits per heavy atom. The van der Waals surface area contributed by atoms with E-state index in [9.17, 15) is 0 Å². The summed E-state index contributed by atoms with van der Waals surface area (Å²) in [6, 6.07) is 73.1. The van der Waals surface area contributed by atoms with Gasteiger partial charge in [0.25, 0.3) is 6.71 Å². The summed E-state index contributed by atoms with van der Waals surface area (Å²) in [5.74, 6) is 0. The molecule has 4 heterocycles. The lowest BCUT2D eigenvalue weighted by Crippen LogP contribution is -2.61. The monoisotopic (exact) mass is 1080 g/mol. The molecule has 0 amide bonds. The smallest absolute Gasteiger partial charge is 0.252 e. The summed E-state index contributed by atoms with van der Waals surface area (Å²) in [7, 11) is 0. The van der Waals surface area contributed by atoms with Gasteiger partial charge in [0.15, 0.2) is 0 Å². The quantitative estimate of drug-likeness (QED) is 0.154. The van der Waals surface area contributed by atoms with Crippen LogP contribution in [-0.4, -0.2) is 15.8 Å². The van der Waals surface area contributed by atoms with Crippen LogP contribution < -0.4 is 26.2 Å². The fraction of sp³-hybridized carbons (Fsp3) is 0.154. The zero-order chi connectivity index (χ0) is 66.8. The number of fused-ring (bicyclic) bond motifs is 10. The van der Waals surface area contributed by atoms with Gasteiger partial charge in [0.05, 0.1) is 33.4 Å². The largest absolute Gasteiger partial charge is 0.311 e. The minimum atomic E-state index is -2.73. The van der Waals surface area contributed by atoms with Crippen molar-refractivity contribution in [3.05, 3.63) is 258 Å². The van der Waals surface area contributed by atoms with E-state index in [2.05, 4.69) is 194 Å². The summed E-state index contributed by atoms with van der Waals surface area (Å²) >= 11 is 0. The molecule has 15 rings (SSSR count). The van der Waals surface area contributed by atoms with Crippen LogP contribution in [0.3, 0.4) is 0 Å². The maximum atomic E-state index is 8.99. The molecule has 2 aromatic heterocycles. The third-order valence-corrected chi connectivity index (χ3v) is 17.4. The van der Waals surface area contributed by atoms with E-state index in [-0.39, 0.29) is 44.2 Å². The van der Waals surface area contributed by atoms with Crippen molar-refractivity contribution >= 4 is 101 Å². The SMILES string of the molecule is [2H]C([2H])([2H])c1cccc(C([2H])([2H])[2H])c1-c1ccccc1N1c2cc(-n3c4ccccc4c4cccc(C(C)(C)C)c43)ccc2B2c3ccc(-n4c5ccccc5c5cccc(C(C)(C)C)c54)cc3N(c3ccccc3-c3c(C([2H])([2H])[2H])cccc3C([2H])([2H])[2H])c3cccc1c32. The van der Waals surface area contributed by atoms with Gasteiger partial charge in [-0.3, -0.25) is 0 Å². The average molecular weight is 1080 g/mol. The molecule has 0 bridgehead atoms. The fourth-order valence-corrected chi connectivity index (χ4v) is 13.9. The van der Waals surface area contributed by atoms with E-state index in [1.54, 1.807) is 0 Å². The van der Waals surface area contributed by atoms with Gasteiger partial charge in [0, 0.05) is 83.2 Å². The van der Waals surface area contributed by atoms with E-state index in [0.717, 1.165) is 93.9 Å². The molecule has 0 aliphatic carbocycles. The number of benzene rings is 11. The van der Waals surface area contributed by atoms with Crippen LogP contribution in [0.2, 0.25) is 0 Å². The van der Waals surface area contributed by atoms with Crippen molar-refractivity contribution in [2.45, 2.75) is 79.8 Å². The van der Waals surface area contributed by atoms with Crippen LogP contribution in [0.25, 0.3) is 77.2 Å². The third-order valence-electron chi connectivity index (χ3n) is 17.4. The van der Waals surface area contributed by atoms with Gasteiger partial charge >= 0.3 is 0 Å². The van der Waals surface area contributed by atoms with Crippen molar-refractivity contribution in [1.29, 1.82) is 0 Å². The van der Waals surface area contributed by atoms with Crippen molar-refractivity contribution < 1.29 is 16.4 Å². The summed E-state index contributed by atoms with van der Waals surface area (Å²) < 4.78 is 113. The molecule has 2 aliphatic rings. The van der Waals surface area contributed by atoms with Gasteiger partial charge < -0.3 is 18.9 Å². The topological polar surface area (TPSA) is 16.3 Å². The number of hydrogen-bond donors (Lipinski definition) is 0. The van der Waals surface area contributed by atoms with Gasteiger partial charge in [-0.25, -0.2) is 0 Å². The first-order valence-electron chi connectivity index (χ1n) is 34.6. The highest BCUT2D eigenvalue weighted by Crippen LogP contribution is 2.51. The van der Waals surface area contributed by atoms with Crippen LogP contribution in [0.15, 0.2) is 224 Å². The number of aryl methyl sites for hydroxylation is 4. The summed E-state index contributed by atoms with van der Waals surface area (Å²) in [6.07, 6.45) is 0. The maximum Gasteiger partial charge on any atom is 0.252 e. The molecule has 11 aromatic carbocycles. The molecule has 2 aliphatic heterocycles. The highest BCUT2D eigenvalue weighted by Gasteiger charge is 2.44. The molecule has 0 radical (unpaired) electrons. The molecule has 83 heavy (non-hydrogen) atoms. The van der Waals surface area contributed by atoms with Crippen LogP contribution in [0.1, 0.15) is 91.4 Å². The lowest BCUT2D eigenvalue weighted by molar-refractivity contribution is 0.593. The Kier molecular flexibility index (Phi) is 8.78. The first-order chi connectivity index (χ1) is 45.0. The number of para-hydroxylation sites is 6. The van der Waals surface area contributed by atoms with Gasteiger partial charge in [-0.15, -0.1) is 0 Å². The van der Waals surface area contributed by atoms with Crippen LogP contribution >= 0.6 is 0 Å². The van der Waals surface area contributed by atoms with Crippen LogP contribution in [0.4, 0.5) is 34.1 Å². The van der Waals surface area contributed by atoms with Gasteiger partial charge in [0.1, 0.15) is 0 Å². The molecular formula is C78H67BN4. The molecule has 0 saturated heterocycles. The van der Waals surface area contributed by atoms with E-state index in [4.69, 9.17) is 16.4 Å². The second kappa shape index (κ2) is 18.6. The predicted octanol–water partition coefficient (Wildman–Crippen LogP) is 19.1. The first kappa shape index (κ1) is 39.2. The Hall–Kier alpha value is -9.32. The molecule has 0 unspecified atom stereocenters. The normalized spacial score (nSPS) is 15.9. The zero-order valence-corrected chi connectivity index (χ0v) is 47.2.